The Balaban J connectivity index is 2.01. The Morgan fingerprint density at radius 2 is 1.68 bits per heavy atom. The van der Waals surface area contributed by atoms with E-state index >= 15 is 0 Å². The van der Waals surface area contributed by atoms with Crippen LogP contribution in [0.4, 0.5) is 10.5 Å². The number of imide groups is 1. The Kier molecular flexibility index (Phi) is 7.53. The van der Waals surface area contributed by atoms with Crippen LogP contribution in [0.1, 0.15) is 27.6 Å². The molecule has 0 heterocycles. The Labute approximate surface area is 166 Å². The van der Waals surface area contributed by atoms with Crippen LogP contribution >= 0.6 is 11.6 Å². The summed E-state index contributed by atoms with van der Waals surface area (Å²) in [4.78, 5) is 47.5. The fourth-order valence-electron chi connectivity index (χ4n) is 2.14. The van der Waals surface area contributed by atoms with E-state index in [-0.39, 0.29) is 11.3 Å². The molecule has 4 amide bonds. The molecule has 0 bridgehead atoms. The van der Waals surface area contributed by atoms with E-state index in [9.17, 15) is 19.2 Å². The lowest BCUT2D eigenvalue weighted by Crippen LogP contribution is -2.41. The van der Waals surface area contributed by atoms with E-state index in [0.29, 0.717) is 17.1 Å². The normalized spacial score (nSPS) is 9.93. The van der Waals surface area contributed by atoms with E-state index in [4.69, 9.17) is 16.3 Å². The highest BCUT2D eigenvalue weighted by molar-refractivity contribution is 6.30. The van der Waals surface area contributed by atoms with Crippen LogP contribution in [0.3, 0.4) is 0 Å². The van der Waals surface area contributed by atoms with Crippen molar-refractivity contribution < 1.29 is 23.9 Å². The third-order valence-corrected chi connectivity index (χ3v) is 3.68. The number of para-hydroxylation sites is 1. The molecule has 28 heavy (non-hydrogen) atoms. The van der Waals surface area contributed by atoms with Gasteiger partial charge in [-0.05, 0) is 43.3 Å². The first-order valence-electron chi connectivity index (χ1n) is 8.31. The summed E-state index contributed by atoms with van der Waals surface area (Å²) in [6.45, 7) is 1.40. The van der Waals surface area contributed by atoms with E-state index in [1.807, 2.05) is 5.32 Å². The number of benzene rings is 2. The van der Waals surface area contributed by atoms with Crippen molar-refractivity contribution >= 4 is 41.1 Å². The minimum Gasteiger partial charge on any atom is -0.452 e. The maximum atomic E-state index is 12.3. The zero-order valence-electron chi connectivity index (χ0n) is 15.0. The van der Waals surface area contributed by atoms with Crippen LogP contribution in [0.5, 0.6) is 0 Å². The van der Waals surface area contributed by atoms with Crippen molar-refractivity contribution in [1.29, 1.82) is 0 Å². The van der Waals surface area contributed by atoms with Gasteiger partial charge in [-0.1, -0.05) is 23.7 Å². The Hall–Kier alpha value is -3.39. The van der Waals surface area contributed by atoms with Crippen molar-refractivity contribution in [2.45, 2.75) is 6.92 Å². The summed E-state index contributed by atoms with van der Waals surface area (Å²) in [7, 11) is 0. The second kappa shape index (κ2) is 10.1. The van der Waals surface area contributed by atoms with Gasteiger partial charge in [0, 0.05) is 17.1 Å². The highest BCUT2D eigenvalue weighted by atomic mass is 35.5. The molecule has 9 heteroatoms. The summed E-state index contributed by atoms with van der Waals surface area (Å²) < 4.78 is 4.91. The highest BCUT2D eigenvalue weighted by Gasteiger charge is 2.17. The number of anilines is 1. The molecule has 3 N–H and O–H groups in total. The van der Waals surface area contributed by atoms with Gasteiger partial charge in [-0.25, -0.2) is 9.59 Å². The van der Waals surface area contributed by atoms with Crippen LogP contribution in [0.25, 0.3) is 0 Å². The van der Waals surface area contributed by atoms with E-state index in [0.717, 1.165) is 0 Å². The van der Waals surface area contributed by atoms with E-state index in [2.05, 4.69) is 10.6 Å². The third-order valence-electron chi connectivity index (χ3n) is 3.43. The second-order valence-corrected chi connectivity index (χ2v) is 5.93. The molecule has 0 unspecified atom stereocenters. The van der Waals surface area contributed by atoms with Gasteiger partial charge in [0.15, 0.2) is 6.61 Å². The summed E-state index contributed by atoms with van der Waals surface area (Å²) >= 11 is 5.80. The zero-order valence-corrected chi connectivity index (χ0v) is 15.7. The van der Waals surface area contributed by atoms with Gasteiger partial charge >= 0.3 is 12.0 Å². The molecule has 0 aliphatic heterocycles. The lowest BCUT2D eigenvalue weighted by atomic mass is 10.1. The SMILES string of the molecule is CCNC(=O)NC(=O)COC(=O)c1ccccc1NC(=O)c1ccc(Cl)cc1. The number of carbonyl (C=O) groups excluding carboxylic acids is 4. The molecule has 2 aromatic carbocycles. The molecule has 146 valence electrons. The molecule has 0 saturated carbocycles. The fourth-order valence-corrected chi connectivity index (χ4v) is 2.27. The topological polar surface area (TPSA) is 114 Å². The molecule has 0 aliphatic rings. The van der Waals surface area contributed by atoms with Crippen LogP contribution < -0.4 is 16.0 Å². The summed E-state index contributed by atoms with van der Waals surface area (Å²) in [5, 5.41) is 7.50. The number of hydrogen-bond acceptors (Lipinski definition) is 5. The number of esters is 1. The lowest BCUT2D eigenvalue weighted by molar-refractivity contribution is -0.123. The Morgan fingerprint density at radius 1 is 1.00 bits per heavy atom. The maximum Gasteiger partial charge on any atom is 0.340 e. The standard InChI is InChI=1S/C19H18ClN3O5/c1-2-21-19(27)23-16(24)11-28-18(26)14-5-3-4-6-15(14)22-17(25)12-7-9-13(20)10-8-12/h3-10H,2,11H2,1H3,(H,22,25)(H2,21,23,24,27). The lowest BCUT2D eigenvalue weighted by Gasteiger charge is -2.11. The number of carbonyl (C=O) groups is 4. The smallest absolute Gasteiger partial charge is 0.340 e. The Morgan fingerprint density at radius 3 is 2.36 bits per heavy atom. The molecular weight excluding hydrogens is 386 g/mol. The molecule has 0 aromatic heterocycles. The number of halogens is 1. The van der Waals surface area contributed by atoms with E-state index < -0.39 is 30.4 Å². The van der Waals surface area contributed by atoms with Gasteiger partial charge in [-0.2, -0.15) is 0 Å². The first-order valence-corrected chi connectivity index (χ1v) is 8.69. The number of hydrogen-bond donors (Lipinski definition) is 3. The average Bonchev–Trinajstić information content (AvgIpc) is 2.67. The number of nitrogens with one attached hydrogen (secondary N) is 3. The highest BCUT2D eigenvalue weighted by Crippen LogP contribution is 2.18. The Bertz CT molecular complexity index is 883. The molecule has 0 aliphatic carbocycles. The third kappa shape index (κ3) is 6.10. The van der Waals surface area contributed by atoms with Crippen molar-refractivity contribution in [2.24, 2.45) is 0 Å². The number of amides is 4. The van der Waals surface area contributed by atoms with Gasteiger partial charge in [0.2, 0.25) is 0 Å². The van der Waals surface area contributed by atoms with Crippen LogP contribution in [0.2, 0.25) is 5.02 Å². The molecule has 0 spiro atoms. The summed E-state index contributed by atoms with van der Waals surface area (Å²) in [6, 6.07) is 11.8. The van der Waals surface area contributed by atoms with Gasteiger partial charge < -0.3 is 15.4 Å². The minimum atomic E-state index is -0.821. The summed E-state index contributed by atoms with van der Waals surface area (Å²) in [6.07, 6.45) is 0. The van der Waals surface area contributed by atoms with Crippen molar-refractivity contribution in [2.75, 3.05) is 18.5 Å². The van der Waals surface area contributed by atoms with Gasteiger partial charge in [0.25, 0.3) is 11.8 Å². The predicted molar refractivity (Wildman–Crippen MR) is 103 cm³/mol. The monoisotopic (exact) mass is 403 g/mol. The summed E-state index contributed by atoms with van der Waals surface area (Å²) in [5.41, 5.74) is 0.640. The quantitative estimate of drug-likeness (QED) is 0.641. The fraction of sp³-hybridized carbons (Fsp3) is 0.158. The number of ether oxygens (including phenoxy) is 1. The minimum absolute atomic E-state index is 0.0654. The molecular formula is C19H18ClN3O5. The van der Waals surface area contributed by atoms with Crippen molar-refractivity contribution in [3.63, 3.8) is 0 Å². The summed E-state index contributed by atoms with van der Waals surface area (Å²) in [5.74, 6) is -2.04. The van der Waals surface area contributed by atoms with Gasteiger partial charge in [-0.15, -0.1) is 0 Å². The zero-order chi connectivity index (χ0) is 20.5. The molecule has 0 fully saturated rings. The van der Waals surface area contributed by atoms with E-state index in [1.54, 1.807) is 43.3 Å². The van der Waals surface area contributed by atoms with Crippen molar-refractivity contribution in [3.8, 4) is 0 Å². The van der Waals surface area contributed by atoms with Gasteiger partial charge in [0.05, 0.1) is 11.3 Å². The largest absolute Gasteiger partial charge is 0.452 e. The number of urea groups is 1. The molecule has 0 radical (unpaired) electrons. The van der Waals surface area contributed by atoms with Crippen LogP contribution in [-0.2, 0) is 9.53 Å². The van der Waals surface area contributed by atoms with Crippen LogP contribution in [0, 0.1) is 0 Å². The van der Waals surface area contributed by atoms with Crippen molar-refractivity contribution in [1.82, 2.24) is 10.6 Å². The van der Waals surface area contributed by atoms with E-state index in [1.165, 1.54) is 12.1 Å². The molecule has 2 aromatic rings. The first-order chi connectivity index (χ1) is 13.4. The first kappa shape index (κ1) is 20.9. The molecule has 0 saturated heterocycles. The number of rotatable bonds is 6. The molecule has 0 atom stereocenters. The maximum absolute atomic E-state index is 12.3. The second-order valence-electron chi connectivity index (χ2n) is 5.49. The molecule has 2 rings (SSSR count). The van der Waals surface area contributed by atoms with Gasteiger partial charge in [0.1, 0.15) is 0 Å². The van der Waals surface area contributed by atoms with Crippen molar-refractivity contribution in [3.05, 3.63) is 64.7 Å². The molecule has 8 nitrogen and oxygen atoms in total. The van der Waals surface area contributed by atoms with Crippen LogP contribution in [0.15, 0.2) is 48.5 Å². The average molecular weight is 404 g/mol. The van der Waals surface area contributed by atoms with Crippen LogP contribution in [-0.4, -0.2) is 37.0 Å². The predicted octanol–water partition coefficient (Wildman–Crippen LogP) is 2.59. The van der Waals surface area contributed by atoms with Gasteiger partial charge in [-0.3, -0.25) is 14.9 Å².